The van der Waals surface area contributed by atoms with Crippen molar-refractivity contribution >= 4 is 12.1 Å². The highest BCUT2D eigenvalue weighted by Gasteiger charge is 2.24. The van der Waals surface area contributed by atoms with Gasteiger partial charge >= 0.3 is 6.61 Å². The van der Waals surface area contributed by atoms with Crippen LogP contribution in [0.5, 0.6) is 11.5 Å². The van der Waals surface area contributed by atoms with E-state index in [1.807, 2.05) is 13.0 Å². The Balaban J connectivity index is 1.70. The van der Waals surface area contributed by atoms with Crippen LogP contribution in [0.15, 0.2) is 24.3 Å². The highest BCUT2D eigenvalue weighted by atomic mass is 19.3. The normalized spacial score (nSPS) is 18.2. The van der Waals surface area contributed by atoms with E-state index in [0.29, 0.717) is 23.5 Å². The average molecular weight is 420 g/mol. The molecule has 7 nitrogen and oxygen atoms in total. The lowest BCUT2D eigenvalue weighted by Crippen LogP contribution is -2.46. The predicted octanol–water partition coefficient (Wildman–Crippen LogP) is 3.61. The summed E-state index contributed by atoms with van der Waals surface area (Å²) < 4.78 is 29.0. The van der Waals surface area contributed by atoms with Crippen LogP contribution in [0.1, 0.15) is 31.7 Å². The second-order valence-corrected chi connectivity index (χ2v) is 7.55. The monoisotopic (exact) mass is 420 g/mol. The zero-order valence-corrected chi connectivity index (χ0v) is 17.0. The molecule has 2 N–H and O–H groups in total. The van der Waals surface area contributed by atoms with E-state index in [0.717, 1.165) is 43.8 Å². The van der Waals surface area contributed by atoms with E-state index >= 15 is 0 Å². The Morgan fingerprint density at radius 3 is 2.83 bits per heavy atom. The van der Waals surface area contributed by atoms with Crippen molar-refractivity contribution in [3.63, 3.8) is 0 Å². The van der Waals surface area contributed by atoms with Gasteiger partial charge in [-0.1, -0.05) is 0 Å². The molecule has 0 amide bonds. The molecule has 1 saturated heterocycles. The highest BCUT2D eigenvalue weighted by Crippen LogP contribution is 2.33. The number of phenols is 1. The van der Waals surface area contributed by atoms with Crippen LogP contribution in [0, 0.1) is 6.92 Å². The van der Waals surface area contributed by atoms with Crippen molar-refractivity contribution in [1.29, 1.82) is 0 Å². The summed E-state index contributed by atoms with van der Waals surface area (Å²) in [4.78, 5) is 13.1. The molecule has 30 heavy (non-hydrogen) atoms. The molecule has 0 spiro atoms. The largest absolute Gasteiger partial charge is 0.507 e. The minimum absolute atomic E-state index is 0.124. The number of hydrogen-bond acceptors (Lipinski definition) is 7. The van der Waals surface area contributed by atoms with Gasteiger partial charge in [0.1, 0.15) is 23.6 Å². The quantitative estimate of drug-likeness (QED) is 0.631. The third kappa shape index (κ3) is 5.41. The Morgan fingerprint density at radius 2 is 2.17 bits per heavy atom. The molecule has 0 saturated carbocycles. The van der Waals surface area contributed by atoms with Crippen LogP contribution in [0.2, 0.25) is 0 Å². The Labute approximate surface area is 174 Å². The molecule has 2 atom stereocenters. The fourth-order valence-corrected chi connectivity index (χ4v) is 3.73. The third-order valence-electron chi connectivity index (χ3n) is 5.30. The van der Waals surface area contributed by atoms with Crippen molar-refractivity contribution in [2.45, 2.75) is 51.8 Å². The number of alkyl halides is 2. The fraction of sp³-hybridized carbons (Fsp3) is 0.476. The average Bonchev–Trinajstić information content (AvgIpc) is 2.69. The molecule has 1 aliphatic rings. The van der Waals surface area contributed by atoms with Crippen LogP contribution in [0.4, 0.5) is 14.6 Å². The number of benzene rings is 1. The first-order chi connectivity index (χ1) is 14.4. The highest BCUT2D eigenvalue weighted by molar-refractivity contribution is 5.71. The first-order valence-corrected chi connectivity index (χ1v) is 9.94. The summed E-state index contributed by atoms with van der Waals surface area (Å²) in [6.45, 7) is 2.74. The molecule has 0 bridgehead atoms. The minimum Gasteiger partial charge on any atom is -0.507 e. The Hall–Kier alpha value is -2.81. The summed E-state index contributed by atoms with van der Waals surface area (Å²) in [5, 5.41) is 22.1. The molecule has 2 heterocycles. The smallest absolute Gasteiger partial charge is 0.387 e. The summed E-state index contributed by atoms with van der Waals surface area (Å²) in [6, 6.07) is 6.22. The third-order valence-corrected chi connectivity index (χ3v) is 5.30. The molecule has 2 unspecified atom stereocenters. The molecule has 9 heteroatoms. The van der Waals surface area contributed by atoms with Gasteiger partial charge in [0.15, 0.2) is 0 Å². The van der Waals surface area contributed by atoms with Crippen molar-refractivity contribution in [3.05, 3.63) is 29.8 Å². The van der Waals surface area contributed by atoms with Crippen LogP contribution < -0.4 is 10.1 Å². The number of likely N-dealkylation sites (tertiary alicyclic amines) is 1. The Bertz CT molecular complexity index is 881. The number of aromatic nitrogens is 2. The van der Waals surface area contributed by atoms with Gasteiger partial charge in [0.25, 0.3) is 0 Å². The Kier molecular flexibility index (Phi) is 7.15. The number of rotatable bonds is 8. The number of nitrogens with zero attached hydrogens (tertiary/aromatic N) is 3. The van der Waals surface area contributed by atoms with Crippen molar-refractivity contribution in [3.8, 4) is 22.8 Å². The first kappa shape index (κ1) is 21.9. The lowest BCUT2D eigenvalue weighted by Gasteiger charge is -2.36. The number of aromatic hydroxyl groups is 1. The predicted molar refractivity (Wildman–Crippen MR) is 109 cm³/mol. The summed E-state index contributed by atoms with van der Waals surface area (Å²) >= 11 is 0. The fourth-order valence-electron chi connectivity index (χ4n) is 3.73. The molecular weight excluding hydrogens is 394 g/mol. The number of hydrogen-bond donors (Lipinski definition) is 2. The van der Waals surface area contributed by atoms with Gasteiger partial charge in [0.05, 0.1) is 5.69 Å². The van der Waals surface area contributed by atoms with Crippen molar-refractivity contribution < 1.29 is 23.4 Å². The van der Waals surface area contributed by atoms with E-state index in [-0.39, 0.29) is 23.6 Å². The minimum atomic E-state index is -2.96. The van der Waals surface area contributed by atoms with E-state index in [9.17, 15) is 18.7 Å². The van der Waals surface area contributed by atoms with Gasteiger partial charge < -0.3 is 20.0 Å². The second-order valence-electron chi connectivity index (χ2n) is 7.55. The summed E-state index contributed by atoms with van der Waals surface area (Å²) in [6.07, 6.45) is 3.51. The Morgan fingerprint density at radius 1 is 1.37 bits per heavy atom. The maximum atomic E-state index is 12.3. The van der Waals surface area contributed by atoms with Crippen molar-refractivity contribution in [2.75, 3.05) is 18.4 Å². The number of halogens is 2. The summed E-state index contributed by atoms with van der Waals surface area (Å²) in [5.41, 5.74) is 1.64. The van der Waals surface area contributed by atoms with Gasteiger partial charge in [-0.2, -0.15) is 8.78 Å². The molecule has 0 radical (unpaired) electrons. The van der Waals surface area contributed by atoms with E-state index < -0.39 is 6.61 Å². The van der Waals surface area contributed by atoms with Gasteiger partial charge in [0, 0.05) is 36.7 Å². The number of phenolic OH excluding ortho intramolecular Hbond substituents is 1. The zero-order valence-electron chi connectivity index (χ0n) is 17.0. The maximum Gasteiger partial charge on any atom is 0.387 e. The SMILES string of the molecule is Cc1cc(NC2CCCN(C(C)CC=O)C2)nnc1-c1ccc(OC(F)F)cc1O. The molecule has 2 aromatic rings. The van der Waals surface area contributed by atoms with Gasteiger partial charge in [-0.25, -0.2) is 0 Å². The van der Waals surface area contributed by atoms with Gasteiger partial charge in [0.2, 0.25) is 0 Å². The van der Waals surface area contributed by atoms with E-state index in [2.05, 4.69) is 32.1 Å². The van der Waals surface area contributed by atoms with Crippen LogP contribution in [-0.2, 0) is 4.79 Å². The molecule has 162 valence electrons. The number of carbonyl (C=O) groups excluding carboxylic acids is 1. The van der Waals surface area contributed by atoms with Crippen molar-refractivity contribution in [2.24, 2.45) is 0 Å². The molecule has 1 aromatic heterocycles. The second kappa shape index (κ2) is 9.80. The molecule has 1 aliphatic heterocycles. The topological polar surface area (TPSA) is 87.6 Å². The lowest BCUT2D eigenvalue weighted by atomic mass is 10.0. The summed E-state index contributed by atoms with van der Waals surface area (Å²) in [7, 11) is 0. The molecule has 0 aliphatic carbocycles. The molecular formula is C21H26F2N4O3. The van der Waals surface area contributed by atoms with Crippen molar-refractivity contribution in [1.82, 2.24) is 15.1 Å². The zero-order chi connectivity index (χ0) is 21.7. The number of aldehydes is 1. The number of ether oxygens (including phenoxy) is 1. The number of anilines is 1. The summed E-state index contributed by atoms with van der Waals surface area (Å²) in [5.74, 6) is 0.294. The van der Waals surface area contributed by atoms with E-state index in [4.69, 9.17) is 0 Å². The molecule has 1 aromatic carbocycles. The van der Waals surface area contributed by atoms with Crippen LogP contribution in [0.3, 0.4) is 0 Å². The number of piperidine rings is 1. The molecule has 1 fully saturated rings. The number of aryl methyl sites for hydroxylation is 1. The van der Waals surface area contributed by atoms with Gasteiger partial charge in [-0.15, -0.1) is 10.2 Å². The van der Waals surface area contributed by atoms with Gasteiger partial charge in [-0.05, 0) is 57.0 Å². The lowest BCUT2D eigenvalue weighted by molar-refractivity contribution is -0.108. The number of carbonyl (C=O) groups is 1. The van der Waals surface area contributed by atoms with Gasteiger partial charge in [-0.3, -0.25) is 4.90 Å². The van der Waals surface area contributed by atoms with Crippen LogP contribution >= 0.6 is 0 Å². The van der Waals surface area contributed by atoms with E-state index in [1.54, 1.807) is 0 Å². The van der Waals surface area contributed by atoms with Crippen LogP contribution in [-0.4, -0.2) is 58.3 Å². The first-order valence-electron chi connectivity index (χ1n) is 9.94. The standard InChI is InChI=1S/C21H26F2N4O3/c1-13-10-19(24-15-4-3-8-27(12-15)14(2)7-9-28)25-26-20(13)17-6-5-16(11-18(17)29)30-21(22)23/h5-6,9-11,14-15,21,29H,3-4,7-8,12H2,1-2H3,(H,24,25). The van der Waals surface area contributed by atoms with E-state index in [1.165, 1.54) is 12.1 Å². The van der Waals surface area contributed by atoms with Crippen LogP contribution in [0.25, 0.3) is 11.3 Å². The number of nitrogens with one attached hydrogen (secondary N) is 1. The molecule has 3 rings (SSSR count). The maximum absolute atomic E-state index is 12.3.